The molecule has 0 aromatic heterocycles. The highest BCUT2D eigenvalue weighted by Crippen LogP contribution is 1.87. The third-order valence-electron chi connectivity index (χ3n) is 0.781. The van der Waals surface area contributed by atoms with Crippen LogP contribution >= 0.6 is 0 Å². The second kappa shape index (κ2) is 4.64. The van der Waals surface area contributed by atoms with Crippen LogP contribution in [0.15, 0.2) is 0 Å². The average molecular weight is 139 g/mol. The third-order valence-corrected chi connectivity index (χ3v) is 0.781. The van der Waals surface area contributed by atoms with E-state index in [1.165, 1.54) is 6.92 Å². The number of aliphatic hydroxyl groups excluding tert-OH is 1. The summed E-state index contributed by atoms with van der Waals surface area (Å²) in [6.07, 6.45) is -2.57. The Morgan fingerprint density at radius 3 is 2.44 bits per heavy atom. The lowest BCUT2D eigenvalue weighted by atomic mass is 10.4. The number of halogens is 2. The first kappa shape index (κ1) is 8.78. The van der Waals surface area contributed by atoms with Crippen molar-refractivity contribution in [2.75, 3.05) is 13.2 Å². The van der Waals surface area contributed by atoms with Gasteiger partial charge in [0.2, 0.25) is 0 Å². The van der Waals surface area contributed by atoms with Crippen LogP contribution in [0.3, 0.4) is 0 Å². The van der Waals surface area contributed by atoms with Crippen LogP contribution in [0.5, 0.6) is 0 Å². The minimum Gasteiger partial charge on any atom is -0.392 e. The summed E-state index contributed by atoms with van der Waals surface area (Å²) in [5.41, 5.74) is 0. The summed E-state index contributed by atoms with van der Waals surface area (Å²) in [7, 11) is 0. The molecule has 2 nitrogen and oxygen atoms in total. The summed E-state index contributed by atoms with van der Waals surface area (Å²) >= 11 is 0. The maximum Gasteiger partial charge on any atom is 0.174 e. The van der Waals surface area contributed by atoms with Crippen molar-refractivity contribution in [1.29, 1.82) is 0 Å². The molecule has 9 heavy (non-hydrogen) atoms. The van der Waals surface area contributed by atoms with E-state index in [9.17, 15) is 8.78 Å². The van der Waals surface area contributed by atoms with E-state index >= 15 is 0 Å². The molecule has 0 aliphatic heterocycles. The second-order valence-corrected chi connectivity index (χ2v) is 1.84. The molecular weight excluding hydrogens is 128 g/mol. The fourth-order valence-corrected chi connectivity index (χ4v) is 0.355. The fourth-order valence-electron chi connectivity index (χ4n) is 0.355. The maximum absolute atomic E-state index is 12.0. The SMILES string of the molecule is C[C@@H](F)CN[C@@H](F)CO. The molecule has 0 bridgehead atoms. The predicted octanol–water partition coefficient (Wildman–Crippen LogP) is 0.222. The molecule has 0 spiro atoms. The van der Waals surface area contributed by atoms with Crippen LogP contribution in [0.4, 0.5) is 8.78 Å². The first-order chi connectivity index (χ1) is 4.16. The van der Waals surface area contributed by atoms with Crippen LogP contribution < -0.4 is 5.32 Å². The Morgan fingerprint density at radius 1 is 1.56 bits per heavy atom. The minimum absolute atomic E-state index is 0.0538. The van der Waals surface area contributed by atoms with Crippen molar-refractivity contribution in [1.82, 2.24) is 5.32 Å². The monoisotopic (exact) mass is 139 g/mol. The largest absolute Gasteiger partial charge is 0.392 e. The van der Waals surface area contributed by atoms with Crippen molar-refractivity contribution in [3.05, 3.63) is 0 Å². The van der Waals surface area contributed by atoms with E-state index in [0.29, 0.717) is 0 Å². The Hall–Kier alpha value is -0.220. The average Bonchev–Trinajstić information content (AvgIpc) is 1.83. The maximum atomic E-state index is 12.0. The molecule has 2 N–H and O–H groups in total. The molecule has 4 heteroatoms. The van der Waals surface area contributed by atoms with E-state index in [-0.39, 0.29) is 6.54 Å². The zero-order valence-electron chi connectivity index (χ0n) is 5.27. The van der Waals surface area contributed by atoms with E-state index in [4.69, 9.17) is 5.11 Å². The summed E-state index contributed by atoms with van der Waals surface area (Å²) in [4.78, 5) is 0. The van der Waals surface area contributed by atoms with E-state index in [2.05, 4.69) is 5.32 Å². The van der Waals surface area contributed by atoms with Gasteiger partial charge in [-0.1, -0.05) is 0 Å². The smallest absolute Gasteiger partial charge is 0.174 e. The van der Waals surface area contributed by atoms with Crippen LogP contribution in [0.1, 0.15) is 6.92 Å². The van der Waals surface area contributed by atoms with E-state index < -0.39 is 19.1 Å². The molecule has 56 valence electrons. The summed E-state index contributed by atoms with van der Waals surface area (Å²) in [6, 6.07) is 0. The molecule has 0 aromatic carbocycles. The van der Waals surface area contributed by atoms with Crippen molar-refractivity contribution < 1.29 is 13.9 Å². The van der Waals surface area contributed by atoms with Gasteiger partial charge < -0.3 is 5.11 Å². The highest BCUT2D eigenvalue weighted by molar-refractivity contribution is 4.55. The van der Waals surface area contributed by atoms with Gasteiger partial charge in [-0.2, -0.15) is 0 Å². The lowest BCUT2D eigenvalue weighted by molar-refractivity contribution is 0.141. The van der Waals surface area contributed by atoms with Gasteiger partial charge in [-0.05, 0) is 6.92 Å². The van der Waals surface area contributed by atoms with Gasteiger partial charge >= 0.3 is 0 Å². The van der Waals surface area contributed by atoms with Gasteiger partial charge in [0.25, 0.3) is 0 Å². The minimum atomic E-state index is -1.50. The predicted molar refractivity (Wildman–Crippen MR) is 30.6 cm³/mol. The second-order valence-electron chi connectivity index (χ2n) is 1.84. The zero-order chi connectivity index (χ0) is 7.28. The molecule has 0 radical (unpaired) electrons. The Kier molecular flexibility index (Phi) is 4.53. The van der Waals surface area contributed by atoms with Gasteiger partial charge in [0.1, 0.15) is 6.17 Å². The molecule has 0 aromatic rings. The Labute approximate surface area is 52.9 Å². The third kappa shape index (κ3) is 5.65. The van der Waals surface area contributed by atoms with E-state index in [0.717, 1.165) is 0 Å². The van der Waals surface area contributed by atoms with Gasteiger partial charge in [-0.15, -0.1) is 0 Å². The molecule has 0 aliphatic carbocycles. The van der Waals surface area contributed by atoms with Gasteiger partial charge in [0.15, 0.2) is 6.30 Å². The van der Waals surface area contributed by atoms with Gasteiger partial charge in [0, 0.05) is 6.54 Å². The number of alkyl halides is 2. The van der Waals surface area contributed by atoms with Crippen LogP contribution in [0, 0.1) is 0 Å². The molecule has 2 atom stereocenters. The molecule has 0 heterocycles. The molecule has 0 saturated carbocycles. The molecule has 0 aliphatic rings. The van der Waals surface area contributed by atoms with Crippen molar-refractivity contribution in [2.24, 2.45) is 0 Å². The molecule has 0 saturated heterocycles. The zero-order valence-corrected chi connectivity index (χ0v) is 5.27. The van der Waals surface area contributed by atoms with Gasteiger partial charge in [-0.25, -0.2) is 8.78 Å². The fraction of sp³-hybridized carbons (Fsp3) is 1.00. The summed E-state index contributed by atoms with van der Waals surface area (Å²) in [6.45, 7) is 0.658. The lowest BCUT2D eigenvalue weighted by Gasteiger charge is -2.06. The first-order valence-corrected chi connectivity index (χ1v) is 2.79. The van der Waals surface area contributed by atoms with Gasteiger partial charge in [-0.3, -0.25) is 5.32 Å². The lowest BCUT2D eigenvalue weighted by Crippen LogP contribution is -2.32. The molecule has 0 unspecified atom stereocenters. The van der Waals surface area contributed by atoms with Crippen LogP contribution in [-0.2, 0) is 0 Å². The standard InChI is InChI=1S/C5H11F2NO/c1-4(6)2-8-5(7)3-9/h4-5,8-9H,2-3H2,1H3/t4-,5-/m1/s1. The Morgan fingerprint density at radius 2 is 2.11 bits per heavy atom. The normalized spacial score (nSPS) is 17.3. The van der Waals surface area contributed by atoms with Crippen molar-refractivity contribution in [3.63, 3.8) is 0 Å². The number of rotatable bonds is 4. The number of hydrogen-bond donors (Lipinski definition) is 2. The summed E-state index contributed by atoms with van der Waals surface area (Å²) in [5, 5.41) is 10.2. The van der Waals surface area contributed by atoms with Crippen molar-refractivity contribution >= 4 is 0 Å². The molecule has 0 fully saturated rings. The molecule has 0 amide bonds. The van der Waals surface area contributed by atoms with E-state index in [1.807, 2.05) is 0 Å². The molecular formula is C5H11F2NO. The molecule has 0 rings (SSSR count). The summed E-state index contributed by atoms with van der Waals surface area (Å²) < 4.78 is 23.9. The van der Waals surface area contributed by atoms with Crippen LogP contribution in [0.2, 0.25) is 0 Å². The number of aliphatic hydroxyl groups is 1. The van der Waals surface area contributed by atoms with Gasteiger partial charge in [0.05, 0.1) is 6.61 Å². The highest BCUT2D eigenvalue weighted by Gasteiger charge is 2.04. The number of hydrogen-bond acceptors (Lipinski definition) is 2. The van der Waals surface area contributed by atoms with Crippen molar-refractivity contribution in [2.45, 2.75) is 19.4 Å². The van der Waals surface area contributed by atoms with Crippen LogP contribution in [-0.4, -0.2) is 30.7 Å². The first-order valence-electron chi connectivity index (χ1n) is 2.79. The highest BCUT2D eigenvalue weighted by atomic mass is 19.1. The topological polar surface area (TPSA) is 32.3 Å². The Balaban J connectivity index is 3.06. The van der Waals surface area contributed by atoms with Crippen molar-refractivity contribution in [3.8, 4) is 0 Å². The summed E-state index contributed by atoms with van der Waals surface area (Å²) in [5.74, 6) is 0. The Bertz CT molecular complexity index is 70.0. The van der Waals surface area contributed by atoms with Crippen LogP contribution in [0.25, 0.3) is 0 Å². The quantitative estimate of drug-likeness (QED) is 0.546. The van der Waals surface area contributed by atoms with E-state index in [1.54, 1.807) is 0 Å². The number of nitrogens with one attached hydrogen (secondary N) is 1.